The fourth-order valence-corrected chi connectivity index (χ4v) is 3.10. The molecule has 1 heterocycles. The molecule has 1 saturated heterocycles. The Labute approximate surface area is 122 Å². The van der Waals surface area contributed by atoms with Gasteiger partial charge >= 0.3 is 0 Å². The summed E-state index contributed by atoms with van der Waals surface area (Å²) in [6, 6.07) is 6.44. The Balaban J connectivity index is 2.23. The van der Waals surface area contributed by atoms with Gasteiger partial charge in [-0.15, -0.1) is 0 Å². The lowest BCUT2D eigenvalue weighted by atomic mass is 9.98. The number of nitrogens with two attached hydrogens (primary N) is 1. The third-order valence-corrected chi connectivity index (χ3v) is 4.40. The van der Waals surface area contributed by atoms with Gasteiger partial charge in [0.25, 0.3) is 0 Å². The van der Waals surface area contributed by atoms with Crippen molar-refractivity contribution in [3.63, 3.8) is 0 Å². The van der Waals surface area contributed by atoms with Crippen molar-refractivity contribution >= 4 is 22.9 Å². The zero-order valence-corrected chi connectivity index (χ0v) is 12.8. The summed E-state index contributed by atoms with van der Waals surface area (Å²) in [5.41, 5.74) is 9.35. The molecule has 2 nitrogen and oxygen atoms in total. The number of nitrogens with zero attached hydrogens (tertiary/aromatic N) is 1. The van der Waals surface area contributed by atoms with Crippen LogP contribution in [0.3, 0.4) is 0 Å². The van der Waals surface area contributed by atoms with Gasteiger partial charge < -0.3 is 10.6 Å². The summed E-state index contributed by atoms with van der Waals surface area (Å²) < 4.78 is 0. The maximum Gasteiger partial charge on any atom is 0.106 e. The van der Waals surface area contributed by atoms with Gasteiger partial charge in [0, 0.05) is 24.3 Å². The zero-order chi connectivity index (χ0) is 13.8. The average molecular weight is 276 g/mol. The number of rotatable bonds is 3. The van der Waals surface area contributed by atoms with E-state index < -0.39 is 0 Å². The van der Waals surface area contributed by atoms with E-state index in [0.29, 0.717) is 4.99 Å². The quantitative estimate of drug-likeness (QED) is 0.855. The molecular weight excluding hydrogens is 252 g/mol. The van der Waals surface area contributed by atoms with Crippen molar-refractivity contribution in [3.05, 3.63) is 29.3 Å². The third-order valence-electron chi connectivity index (χ3n) is 4.18. The SMILES string of the molecule is CCC1CCCN(c2ccc(C)cc2C(N)=S)CC1. The summed E-state index contributed by atoms with van der Waals surface area (Å²) in [4.78, 5) is 2.97. The first-order chi connectivity index (χ1) is 9.11. The van der Waals surface area contributed by atoms with Crippen molar-refractivity contribution in [1.82, 2.24) is 0 Å². The molecule has 0 radical (unpaired) electrons. The predicted molar refractivity (Wildman–Crippen MR) is 86.9 cm³/mol. The van der Waals surface area contributed by atoms with Crippen LogP contribution in [0, 0.1) is 12.8 Å². The lowest BCUT2D eigenvalue weighted by Gasteiger charge is -2.25. The Morgan fingerprint density at radius 2 is 2.16 bits per heavy atom. The van der Waals surface area contributed by atoms with E-state index in [4.69, 9.17) is 18.0 Å². The van der Waals surface area contributed by atoms with E-state index >= 15 is 0 Å². The van der Waals surface area contributed by atoms with Crippen LogP contribution in [0.1, 0.15) is 43.7 Å². The smallest absolute Gasteiger partial charge is 0.106 e. The number of hydrogen-bond acceptors (Lipinski definition) is 2. The van der Waals surface area contributed by atoms with Gasteiger partial charge in [0.2, 0.25) is 0 Å². The van der Waals surface area contributed by atoms with E-state index in [1.54, 1.807) is 0 Å². The molecular formula is C16H24N2S. The molecule has 1 aliphatic heterocycles. The van der Waals surface area contributed by atoms with Crippen LogP contribution in [-0.4, -0.2) is 18.1 Å². The first-order valence-corrected chi connectivity index (χ1v) is 7.68. The molecule has 1 atom stereocenters. The summed E-state index contributed by atoms with van der Waals surface area (Å²) in [6.45, 7) is 6.63. The fourth-order valence-electron chi connectivity index (χ4n) is 2.94. The standard InChI is InChI=1S/C16H24N2S/c1-3-13-5-4-9-18(10-8-13)15-7-6-12(2)11-14(15)16(17)19/h6-7,11,13H,3-5,8-10H2,1-2H3,(H2,17,19). The van der Waals surface area contributed by atoms with Gasteiger partial charge in [0.15, 0.2) is 0 Å². The molecule has 0 bridgehead atoms. The largest absolute Gasteiger partial charge is 0.389 e. The van der Waals surface area contributed by atoms with Gasteiger partial charge in [-0.25, -0.2) is 0 Å². The topological polar surface area (TPSA) is 29.3 Å². The molecule has 19 heavy (non-hydrogen) atoms. The van der Waals surface area contributed by atoms with Crippen LogP contribution >= 0.6 is 12.2 Å². The molecule has 0 saturated carbocycles. The molecule has 1 fully saturated rings. The van der Waals surface area contributed by atoms with Crippen LogP contribution in [0.15, 0.2) is 18.2 Å². The summed E-state index contributed by atoms with van der Waals surface area (Å²) in [7, 11) is 0. The second kappa shape index (κ2) is 6.38. The number of anilines is 1. The Morgan fingerprint density at radius 1 is 1.37 bits per heavy atom. The van der Waals surface area contributed by atoms with Crippen LogP contribution in [0.2, 0.25) is 0 Å². The van der Waals surface area contributed by atoms with Gasteiger partial charge in [0.05, 0.1) is 0 Å². The fraction of sp³-hybridized carbons (Fsp3) is 0.562. The predicted octanol–water partition coefficient (Wildman–Crippen LogP) is 3.65. The highest BCUT2D eigenvalue weighted by Crippen LogP contribution is 2.27. The van der Waals surface area contributed by atoms with Gasteiger partial charge in [-0.1, -0.05) is 37.2 Å². The van der Waals surface area contributed by atoms with Crippen molar-refractivity contribution < 1.29 is 0 Å². The van der Waals surface area contributed by atoms with Crippen molar-refractivity contribution in [2.75, 3.05) is 18.0 Å². The van der Waals surface area contributed by atoms with Crippen LogP contribution in [-0.2, 0) is 0 Å². The summed E-state index contributed by atoms with van der Waals surface area (Å²) in [5.74, 6) is 0.878. The van der Waals surface area contributed by atoms with Gasteiger partial charge in [0.1, 0.15) is 4.99 Å². The molecule has 0 amide bonds. The van der Waals surface area contributed by atoms with E-state index in [9.17, 15) is 0 Å². The summed E-state index contributed by atoms with van der Waals surface area (Å²) in [6.07, 6.45) is 5.19. The highest BCUT2D eigenvalue weighted by atomic mass is 32.1. The van der Waals surface area contributed by atoms with Gasteiger partial charge in [-0.05, 0) is 44.2 Å². The molecule has 0 aliphatic carbocycles. The molecule has 3 heteroatoms. The second-order valence-electron chi connectivity index (χ2n) is 5.58. The van der Waals surface area contributed by atoms with Gasteiger partial charge in [-0.2, -0.15) is 0 Å². The molecule has 1 aromatic carbocycles. The monoisotopic (exact) mass is 276 g/mol. The van der Waals surface area contributed by atoms with Gasteiger partial charge in [-0.3, -0.25) is 0 Å². The first-order valence-electron chi connectivity index (χ1n) is 7.27. The van der Waals surface area contributed by atoms with E-state index in [-0.39, 0.29) is 0 Å². The molecule has 2 N–H and O–H groups in total. The van der Waals surface area contributed by atoms with Crippen molar-refractivity contribution in [1.29, 1.82) is 0 Å². The van der Waals surface area contributed by atoms with E-state index in [1.807, 2.05) is 0 Å². The van der Waals surface area contributed by atoms with E-state index in [2.05, 4.69) is 36.9 Å². The molecule has 1 aliphatic rings. The van der Waals surface area contributed by atoms with Crippen molar-refractivity contribution in [2.45, 2.75) is 39.5 Å². The highest BCUT2D eigenvalue weighted by molar-refractivity contribution is 7.80. The minimum Gasteiger partial charge on any atom is -0.389 e. The lowest BCUT2D eigenvalue weighted by Crippen LogP contribution is -2.27. The zero-order valence-electron chi connectivity index (χ0n) is 12.0. The van der Waals surface area contributed by atoms with Crippen LogP contribution < -0.4 is 10.6 Å². The number of hydrogen-bond donors (Lipinski definition) is 1. The minimum atomic E-state index is 0.509. The Morgan fingerprint density at radius 3 is 2.84 bits per heavy atom. The first kappa shape index (κ1) is 14.3. The molecule has 104 valence electrons. The van der Waals surface area contributed by atoms with Crippen molar-refractivity contribution in [3.8, 4) is 0 Å². The minimum absolute atomic E-state index is 0.509. The maximum atomic E-state index is 5.89. The molecule has 0 aromatic heterocycles. The number of aryl methyl sites for hydroxylation is 1. The normalized spacial score (nSPS) is 20.1. The third kappa shape index (κ3) is 3.47. The summed E-state index contributed by atoms with van der Waals surface area (Å²) >= 11 is 5.21. The second-order valence-corrected chi connectivity index (χ2v) is 6.02. The molecule has 0 spiro atoms. The van der Waals surface area contributed by atoms with Crippen LogP contribution in [0.25, 0.3) is 0 Å². The molecule has 1 aromatic rings. The average Bonchev–Trinajstić information content (AvgIpc) is 2.63. The van der Waals surface area contributed by atoms with Crippen molar-refractivity contribution in [2.24, 2.45) is 11.7 Å². The van der Waals surface area contributed by atoms with Crippen LogP contribution in [0.5, 0.6) is 0 Å². The highest BCUT2D eigenvalue weighted by Gasteiger charge is 2.18. The molecule has 1 unspecified atom stereocenters. The number of benzene rings is 1. The molecule has 2 rings (SSSR count). The van der Waals surface area contributed by atoms with E-state index in [1.165, 1.54) is 36.9 Å². The Bertz CT molecular complexity index is 456. The Kier molecular flexibility index (Phi) is 4.81. The van der Waals surface area contributed by atoms with Crippen LogP contribution in [0.4, 0.5) is 5.69 Å². The van der Waals surface area contributed by atoms with E-state index in [0.717, 1.165) is 24.6 Å². The maximum absolute atomic E-state index is 5.89. The summed E-state index contributed by atoms with van der Waals surface area (Å²) in [5, 5.41) is 0. The lowest BCUT2D eigenvalue weighted by molar-refractivity contribution is 0.459. The number of thiocarbonyl (C=S) groups is 1. The Hall–Kier alpha value is -1.09.